The van der Waals surface area contributed by atoms with Gasteiger partial charge in [-0.1, -0.05) is 6.07 Å². The van der Waals surface area contributed by atoms with Gasteiger partial charge in [0.2, 0.25) is 0 Å². The molecule has 2 N–H and O–H groups in total. The Morgan fingerprint density at radius 2 is 2.33 bits per heavy atom. The molecule has 0 fully saturated rings. The van der Waals surface area contributed by atoms with Crippen LogP contribution in [0, 0.1) is 0 Å². The number of pyridine rings is 1. The molecule has 2 heterocycles. The van der Waals surface area contributed by atoms with Gasteiger partial charge in [-0.2, -0.15) is 0 Å². The van der Waals surface area contributed by atoms with E-state index in [2.05, 4.69) is 15.2 Å². The molecule has 1 aliphatic heterocycles. The van der Waals surface area contributed by atoms with Crippen LogP contribution in [0.25, 0.3) is 0 Å². The Morgan fingerprint density at radius 3 is 3.10 bits per heavy atom. The lowest BCUT2D eigenvalue weighted by molar-refractivity contribution is 0.0693. The molecule has 21 heavy (non-hydrogen) atoms. The van der Waals surface area contributed by atoms with Gasteiger partial charge in [-0.05, 0) is 29.8 Å². The van der Waals surface area contributed by atoms with Crippen LogP contribution in [-0.4, -0.2) is 29.8 Å². The van der Waals surface area contributed by atoms with Crippen molar-refractivity contribution >= 4 is 17.5 Å². The number of carbonyl (C=O) groups is 1. The Balaban J connectivity index is 1.85. The third kappa shape index (κ3) is 2.47. The van der Waals surface area contributed by atoms with Crippen LogP contribution >= 0.6 is 0 Å². The van der Waals surface area contributed by atoms with Crippen molar-refractivity contribution in [3.63, 3.8) is 0 Å². The van der Waals surface area contributed by atoms with Crippen molar-refractivity contribution in [2.45, 2.75) is 6.54 Å². The van der Waals surface area contributed by atoms with E-state index in [4.69, 9.17) is 9.84 Å². The quantitative estimate of drug-likeness (QED) is 0.897. The number of nitrogens with zero attached hydrogens (tertiary/aromatic N) is 2. The van der Waals surface area contributed by atoms with Crippen molar-refractivity contribution in [1.29, 1.82) is 0 Å². The molecular weight excluding hydrogens is 270 g/mol. The highest BCUT2D eigenvalue weighted by molar-refractivity contribution is 5.91. The number of carboxylic acid groups (broad SMARTS) is 1. The number of ether oxygens (including phenoxy) is 1. The maximum Gasteiger partial charge on any atom is 0.339 e. The maximum atomic E-state index is 11.1. The highest BCUT2D eigenvalue weighted by Gasteiger charge is 2.20. The van der Waals surface area contributed by atoms with Crippen LogP contribution in [0.1, 0.15) is 15.9 Å². The third-order valence-corrected chi connectivity index (χ3v) is 3.43. The SMILES string of the molecule is COc1cc(CN2CNc3ncccc32)ccc1C(=O)O. The first kappa shape index (κ1) is 13.2. The van der Waals surface area contributed by atoms with E-state index in [1.54, 1.807) is 24.4 Å². The molecule has 0 atom stereocenters. The van der Waals surface area contributed by atoms with E-state index in [1.165, 1.54) is 7.11 Å². The predicted octanol–water partition coefficient (Wildman–Crippen LogP) is 2.18. The van der Waals surface area contributed by atoms with Gasteiger partial charge < -0.3 is 20.1 Å². The fraction of sp³-hybridized carbons (Fsp3) is 0.200. The zero-order valence-electron chi connectivity index (χ0n) is 11.5. The molecule has 6 nitrogen and oxygen atoms in total. The molecule has 108 valence electrons. The predicted molar refractivity (Wildman–Crippen MR) is 78.9 cm³/mol. The zero-order chi connectivity index (χ0) is 14.8. The smallest absolute Gasteiger partial charge is 0.339 e. The molecule has 0 saturated carbocycles. The summed E-state index contributed by atoms with van der Waals surface area (Å²) >= 11 is 0. The standard InChI is InChI=1S/C15H15N3O3/c1-21-13-7-10(4-5-11(13)15(19)20)8-18-9-17-14-12(18)3-2-6-16-14/h2-7H,8-9H2,1H3,(H,16,17)(H,19,20). The summed E-state index contributed by atoms with van der Waals surface area (Å²) in [6.07, 6.45) is 1.75. The number of hydrogen-bond donors (Lipinski definition) is 2. The van der Waals surface area contributed by atoms with E-state index in [0.717, 1.165) is 17.1 Å². The summed E-state index contributed by atoms with van der Waals surface area (Å²) in [4.78, 5) is 17.5. The first-order chi connectivity index (χ1) is 10.2. The van der Waals surface area contributed by atoms with Gasteiger partial charge in [-0.15, -0.1) is 0 Å². The average molecular weight is 285 g/mol. The third-order valence-electron chi connectivity index (χ3n) is 3.43. The summed E-state index contributed by atoms with van der Waals surface area (Å²) < 4.78 is 5.15. The van der Waals surface area contributed by atoms with Gasteiger partial charge in [0.15, 0.2) is 5.82 Å². The Morgan fingerprint density at radius 1 is 1.48 bits per heavy atom. The van der Waals surface area contributed by atoms with Crippen LogP contribution in [-0.2, 0) is 6.54 Å². The number of methoxy groups -OCH3 is 1. The van der Waals surface area contributed by atoms with Gasteiger partial charge in [0.05, 0.1) is 19.5 Å². The average Bonchev–Trinajstić information content (AvgIpc) is 2.90. The summed E-state index contributed by atoms with van der Waals surface area (Å²) in [5.41, 5.74) is 2.19. The molecule has 0 aliphatic carbocycles. The summed E-state index contributed by atoms with van der Waals surface area (Å²) in [5, 5.41) is 12.3. The van der Waals surface area contributed by atoms with Crippen LogP contribution in [0.5, 0.6) is 5.75 Å². The number of hydrogen-bond acceptors (Lipinski definition) is 5. The molecule has 0 saturated heterocycles. The number of benzene rings is 1. The molecule has 0 amide bonds. The van der Waals surface area contributed by atoms with Gasteiger partial charge in [0.1, 0.15) is 11.3 Å². The van der Waals surface area contributed by atoms with E-state index in [0.29, 0.717) is 19.0 Å². The van der Waals surface area contributed by atoms with Crippen LogP contribution in [0.2, 0.25) is 0 Å². The molecule has 1 aliphatic rings. The second-order valence-corrected chi connectivity index (χ2v) is 4.74. The molecule has 1 aromatic carbocycles. The molecule has 0 radical (unpaired) electrons. The Kier molecular flexibility index (Phi) is 3.35. The van der Waals surface area contributed by atoms with Gasteiger partial charge in [0, 0.05) is 12.7 Å². The number of aromatic carboxylic acids is 1. The number of nitrogens with one attached hydrogen (secondary N) is 1. The van der Waals surface area contributed by atoms with Gasteiger partial charge in [-0.25, -0.2) is 9.78 Å². The van der Waals surface area contributed by atoms with E-state index in [1.807, 2.05) is 12.1 Å². The Hall–Kier alpha value is -2.76. The van der Waals surface area contributed by atoms with Gasteiger partial charge in [0.25, 0.3) is 0 Å². The molecule has 0 unspecified atom stereocenters. The molecule has 6 heteroatoms. The first-order valence-corrected chi connectivity index (χ1v) is 6.53. The first-order valence-electron chi connectivity index (χ1n) is 6.53. The lowest BCUT2D eigenvalue weighted by Crippen LogP contribution is -2.22. The summed E-state index contributed by atoms with van der Waals surface area (Å²) in [5.74, 6) is 0.251. The topological polar surface area (TPSA) is 74.7 Å². The Labute approximate surface area is 122 Å². The van der Waals surface area contributed by atoms with Crippen molar-refractivity contribution in [2.24, 2.45) is 0 Å². The van der Waals surface area contributed by atoms with Crippen molar-refractivity contribution < 1.29 is 14.6 Å². The Bertz CT molecular complexity index is 688. The highest BCUT2D eigenvalue weighted by atomic mass is 16.5. The number of carboxylic acids is 1. The summed E-state index contributed by atoms with van der Waals surface area (Å²) in [7, 11) is 1.47. The highest BCUT2D eigenvalue weighted by Crippen LogP contribution is 2.30. The van der Waals surface area contributed by atoms with E-state index in [9.17, 15) is 4.79 Å². The minimum Gasteiger partial charge on any atom is -0.496 e. The fourth-order valence-electron chi connectivity index (χ4n) is 2.42. The van der Waals surface area contributed by atoms with Crippen LogP contribution in [0.15, 0.2) is 36.5 Å². The van der Waals surface area contributed by atoms with E-state index >= 15 is 0 Å². The maximum absolute atomic E-state index is 11.1. The van der Waals surface area contributed by atoms with Crippen molar-refractivity contribution in [1.82, 2.24) is 4.98 Å². The molecular formula is C15H15N3O3. The van der Waals surface area contributed by atoms with E-state index < -0.39 is 5.97 Å². The van der Waals surface area contributed by atoms with Gasteiger partial charge >= 0.3 is 5.97 Å². The number of anilines is 2. The summed E-state index contributed by atoms with van der Waals surface area (Å²) in [6, 6.07) is 9.04. The molecule has 3 rings (SSSR count). The second-order valence-electron chi connectivity index (χ2n) is 4.74. The van der Waals surface area contributed by atoms with Crippen molar-refractivity contribution in [3.8, 4) is 5.75 Å². The van der Waals surface area contributed by atoms with Crippen LogP contribution < -0.4 is 15.0 Å². The lowest BCUT2D eigenvalue weighted by atomic mass is 10.1. The van der Waals surface area contributed by atoms with Crippen LogP contribution in [0.3, 0.4) is 0 Å². The zero-order valence-corrected chi connectivity index (χ0v) is 11.5. The second kappa shape index (κ2) is 5.32. The lowest BCUT2D eigenvalue weighted by Gasteiger charge is -2.18. The molecule has 2 aromatic rings. The van der Waals surface area contributed by atoms with Crippen LogP contribution in [0.4, 0.5) is 11.5 Å². The van der Waals surface area contributed by atoms with Gasteiger partial charge in [-0.3, -0.25) is 0 Å². The molecule has 0 bridgehead atoms. The summed E-state index contributed by atoms with van der Waals surface area (Å²) in [6.45, 7) is 1.33. The molecule has 0 spiro atoms. The minimum absolute atomic E-state index is 0.169. The number of fused-ring (bicyclic) bond motifs is 1. The number of rotatable bonds is 4. The molecule has 1 aromatic heterocycles. The van der Waals surface area contributed by atoms with E-state index in [-0.39, 0.29) is 5.56 Å². The minimum atomic E-state index is -0.990. The van der Waals surface area contributed by atoms with Crippen molar-refractivity contribution in [3.05, 3.63) is 47.7 Å². The fourth-order valence-corrected chi connectivity index (χ4v) is 2.42. The number of aromatic nitrogens is 1. The normalized spacial score (nSPS) is 12.7. The monoisotopic (exact) mass is 285 g/mol. The van der Waals surface area contributed by atoms with Crippen molar-refractivity contribution in [2.75, 3.05) is 24.0 Å². The largest absolute Gasteiger partial charge is 0.496 e.